The van der Waals surface area contributed by atoms with E-state index < -0.39 is 0 Å². The number of rotatable bonds is 5. The summed E-state index contributed by atoms with van der Waals surface area (Å²) in [6.07, 6.45) is 3.49. The van der Waals surface area contributed by atoms with Crippen molar-refractivity contribution in [1.82, 2.24) is 15.2 Å². The number of amides is 2. The number of thiocarbonyl (C=S) groups is 1. The Hall–Kier alpha value is -2.02. The standard InChI is InChI=1S/C13H16N4O2S/c1-17(7-11(18)16-9-3-4-9)13(19)10-5-2-8(6-15-10)12(14)20/h2,5-6,9H,3-4,7H2,1H3,(H2,14,20)(H,16,18). The lowest BCUT2D eigenvalue weighted by molar-refractivity contribution is -0.121. The van der Waals surface area contributed by atoms with Crippen molar-refractivity contribution in [3.05, 3.63) is 29.6 Å². The van der Waals surface area contributed by atoms with Gasteiger partial charge in [-0.05, 0) is 25.0 Å². The highest BCUT2D eigenvalue weighted by Gasteiger charge is 2.24. The third kappa shape index (κ3) is 3.74. The number of nitrogens with zero attached hydrogens (tertiary/aromatic N) is 2. The Morgan fingerprint density at radius 2 is 2.20 bits per heavy atom. The second kappa shape index (κ2) is 5.96. The molecule has 0 saturated heterocycles. The number of aromatic nitrogens is 1. The molecule has 0 aromatic carbocycles. The molecule has 3 N–H and O–H groups in total. The van der Waals surface area contributed by atoms with Crippen molar-refractivity contribution < 1.29 is 9.59 Å². The molecule has 1 saturated carbocycles. The van der Waals surface area contributed by atoms with Crippen molar-refractivity contribution >= 4 is 29.0 Å². The van der Waals surface area contributed by atoms with Crippen LogP contribution in [-0.2, 0) is 4.79 Å². The molecule has 1 fully saturated rings. The molecule has 1 aromatic rings. The predicted octanol–water partition coefficient (Wildman–Crippen LogP) is 0.0664. The lowest BCUT2D eigenvalue weighted by atomic mass is 10.2. The molecule has 6 nitrogen and oxygen atoms in total. The first-order valence-corrected chi connectivity index (χ1v) is 6.69. The van der Waals surface area contributed by atoms with E-state index in [9.17, 15) is 9.59 Å². The number of nitrogens with one attached hydrogen (secondary N) is 1. The van der Waals surface area contributed by atoms with Crippen molar-refractivity contribution in [2.75, 3.05) is 13.6 Å². The fourth-order valence-electron chi connectivity index (χ4n) is 1.65. The second-order valence-electron chi connectivity index (χ2n) is 4.80. The molecule has 1 aliphatic carbocycles. The van der Waals surface area contributed by atoms with Crippen LogP contribution in [0.15, 0.2) is 18.3 Å². The molecule has 0 bridgehead atoms. The van der Waals surface area contributed by atoms with Crippen LogP contribution in [0.1, 0.15) is 28.9 Å². The Bertz CT molecular complexity index is 540. The highest BCUT2D eigenvalue weighted by Crippen LogP contribution is 2.18. The average Bonchev–Trinajstić information content (AvgIpc) is 3.21. The van der Waals surface area contributed by atoms with Crippen LogP contribution in [0.5, 0.6) is 0 Å². The van der Waals surface area contributed by atoms with Gasteiger partial charge in [0.05, 0.1) is 6.54 Å². The number of nitrogens with two attached hydrogens (primary N) is 1. The van der Waals surface area contributed by atoms with Gasteiger partial charge in [-0.3, -0.25) is 14.6 Å². The van der Waals surface area contributed by atoms with E-state index in [0.717, 1.165) is 12.8 Å². The smallest absolute Gasteiger partial charge is 0.272 e. The minimum absolute atomic E-state index is 0.0219. The Labute approximate surface area is 122 Å². The van der Waals surface area contributed by atoms with E-state index in [1.807, 2.05) is 0 Å². The Balaban J connectivity index is 1.94. The zero-order valence-electron chi connectivity index (χ0n) is 11.1. The van der Waals surface area contributed by atoms with Gasteiger partial charge in [-0.2, -0.15) is 0 Å². The maximum Gasteiger partial charge on any atom is 0.272 e. The fourth-order valence-corrected chi connectivity index (χ4v) is 1.77. The van der Waals surface area contributed by atoms with Gasteiger partial charge < -0.3 is 16.0 Å². The van der Waals surface area contributed by atoms with Crippen LogP contribution in [0, 0.1) is 0 Å². The number of carbonyl (C=O) groups excluding carboxylic acids is 2. The van der Waals surface area contributed by atoms with Crippen LogP contribution >= 0.6 is 12.2 Å². The summed E-state index contributed by atoms with van der Waals surface area (Å²) in [7, 11) is 1.57. The van der Waals surface area contributed by atoms with E-state index in [1.54, 1.807) is 19.2 Å². The van der Waals surface area contributed by atoms with E-state index in [1.165, 1.54) is 11.1 Å². The van der Waals surface area contributed by atoms with E-state index in [-0.39, 0.29) is 35.1 Å². The van der Waals surface area contributed by atoms with Crippen LogP contribution in [0.25, 0.3) is 0 Å². The molecule has 1 aromatic heterocycles. The molecule has 0 radical (unpaired) electrons. The minimum Gasteiger partial charge on any atom is -0.389 e. The summed E-state index contributed by atoms with van der Waals surface area (Å²) >= 11 is 4.82. The fraction of sp³-hybridized carbons (Fsp3) is 0.385. The lowest BCUT2D eigenvalue weighted by Gasteiger charge is -2.16. The monoisotopic (exact) mass is 292 g/mol. The van der Waals surface area contributed by atoms with Crippen molar-refractivity contribution in [2.45, 2.75) is 18.9 Å². The third-order valence-electron chi connectivity index (χ3n) is 2.94. The number of likely N-dealkylation sites (N-methyl/N-ethyl adjacent to an activating group) is 1. The SMILES string of the molecule is CN(CC(=O)NC1CC1)C(=O)c1ccc(C(N)=S)cn1. The van der Waals surface area contributed by atoms with Gasteiger partial charge in [-0.15, -0.1) is 0 Å². The molecular weight excluding hydrogens is 276 g/mol. The first-order valence-electron chi connectivity index (χ1n) is 6.28. The summed E-state index contributed by atoms with van der Waals surface area (Å²) < 4.78 is 0. The molecule has 0 spiro atoms. The molecule has 1 aliphatic rings. The van der Waals surface area contributed by atoms with E-state index in [4.69, 9.17) is 18.0 Å². The van der Waals surface area contributed by atoms with Gasteiger partial charge in [0.15, 0.2) is 0 Å². The molecule has 20 heavy (non-hydrogen) atoms. The van der Waals surface area contributed by atoms with Crippen molar-refractivity contribution in [3.8, 4) is 0 Å². The van der Waals surface area contributed by atoms with Crippen LogP contribution in [0.2, 0.25) is 0 Å². The van der Waals surface area contributed by atoms with Gasteiger partial charge >= 0.3 is 0 Å². The zero-order chi connectivity index (χ0) is 14.7. The Morgan fingerprint density at radius 1 is 1.50 bits per heavy atom. The molecular formula is C13H16N4O2S. The summed E-state index contributed by atoms with van der Waals surface area (Å²) in [5, 5.41) is 2.83. The van der Waals surface area contributed by atoms with Gasteiger partial charge in [0.25, 0.3) is 5.91 Å². The van der Waals surface area contributed by atoms with Gasteiger partial charge in [0.2, 0.25) is 5.91 Å². The number of pyridine rings is 1. The van der Waals surface area contributed by atoms with Gasteiger partial charge in [0, 0.05) is 24.8 Å². The lowest BCUT2D eigenvalue weighted by Crippen LogP contribution is -2.39. The molecule has 7 heteroatoms. The number of carbonyl (C=O) groups is 2. The maximum absolute atomic E-state index is 12.1. The summed E-state index contributed by atoms with van der Waals surface area (Å²) in [5.41, 5.74) is 6.32. The highest BCUT2D eigenvalue weighted by molar-refractivity contribution is 7.80. The first kappa shape index (κ1) is 14.4. The Morgan fingerprint density at radius 3 is 2.70 bits per heavy atom. The van der Waals surface area contributed by atoms with Crippen LogP contribution in [-0.4, -0.2) is 46.3 Å². The average molecular weight is 292 g/mol. The molecule has 106 valence electrons. The van der Waals surface area contributed by atoms with Crippen molar-refractivity contribution in [3.63, 3.8) is 0 Å². The molecule has 2 amide bonds. The van der Waals surface area contributed by atoms with E-state index >= 15 is 0 Å². The number of hydrogen-bond acceptors (Lipinski definition) is 4. The van der Waals surface area contributed by atoms with Crippen LogP contribution < -0.4 is 11.1 Å². The van der Waals surface area contributed by atoms with Crippen molar-refractivity contribution in [1.29, 1.82) is 0 Å². The number of hydrogen-bond donors (Lipinski definition) is 2. The molecule has 1 heterocycles. The quantitative estimate of drug-likeness (QED) is 0.750. The van der Waals surface area contributed by atoms with E-state index in [2.05, 4.69) is 10.3 Å². The summed E-state index contributed by atoms with van der Waals surface area (Å²) in [6.45, 7) is 0.0219. The topological polar surface area (TPSA) is 88.3 Å². The van der Waals surface area contributed by atoms with Gasteiger partial charge in [0.1, 0.15) is 10.7 Å². The van der Waals surface area contributed by atoms with Crippen LogP contribution in [0.4, 0.5) is 0 Å². The second-order valence-corrected chi connectivity index (χ2v) is 5.24. The molecule has 0 unspecified atom stereocenters. The zero-order valence-corrected chi connectivity index (χ0v) is 11.9. The minimum atomic E-state index is -0.314. The van der Waals surface area contributed by atoms with Crippen molar-refractivity contribution in [2.24, 2.45) is 5.73 Å². The summed E-state index contributed by atoms with van der Waals surface area (Å²) in [4.78, 5) is 29.3. The van der Waals surface area contributed by atoms with Gasteiger partial charge in [-0.25, -0.2) is 0 Å². The molecule has 2 rings (SSSR count). The third-order valence-corrected chi connectivity index (χ3v) is 3.17. The normalized spacial score (nSPS) is 13.7. The molecule has 0 aliphatic heterocycles. The molecule has 0 atom stereocenters. The Kier molecular flexibility index (Phi) is 4.29. The summed E-state index contributed by atoms with van der Waals surface area (Å²) in [5.74, 6) is -0.464. The van der Waals surface area contributed by atoms with E-state index in [0.29, 0.717) is 5.56 Å². The summed E-state index contributed by atoms with van der Waals surface area (Å²) in [6, 6.07) is 3.47. The largest absolute Gasteiger partial charge is 0.389 e. The van der Waals surface area contributed by atoms with Crippen LogP contribution in [0.3, 0.4) is 0 Å². The maximum atomic E-state index is 12.1. The predicted molar refractivity (Wildman–Crippen MR) is 78.2 cm³/mol. The highest BCUT2D eigenvalue weighted by atomic mass is 32.1. The first-order chi connectivity index (χ1) is 9.47. The van der Waals surface area contributed by atoms with Gasteiger partial charge in [-0.1, -0.05) is 12.2 Å².